The van der Waals surface area contributed by atoms with E-state index in [0.29, 0.717) is 6.04 Å². The molecule has 0 saturated carbocycles. The van der Waals surface area contributed by atoms with E-state index in [1.54, 1.807) is 0 Å². The SMILES string of the molecule is Cc1cc(-n2c(C)cc(CNC3CCN(Cc4ccccc4)C3)c2C)no1. The number of aryl methyl sites for hydroxylation is 2. The fraction of sp³-hybridized carbons (Fsp3) is 0.409. The molecule has 3 heterocycles. The van der Waals surface area contributed by atoms with Crippen molar-refractivity contribution in [3.63, 3.8) is 0 Å². The molecular weight excluding hydrogens is 336 g/mol. The van der Waals surface area contributed by atoms with E-state index in [9.17, 15) is 0 Å². The monoisotopic (exact) mass is 364 g/mol. The van der Waals surface area contributed by atoms with Gasteiger partial charge in [0.15, 0.2) is 5.82 Å². The smallest absolute Gasteiger partial charge is 0.180 e. The quantitative estimate of drug-likeness (QED) is 0.723. The molecule has 2 aromatic heterocycles. The van der Waals surface area contributed by atoms with Crippen molar-refractivity contribution in [1.82, 2.24) is 19.9 Å². The number of benzene rings is 1. The summed E-state index contributed by atoms with van der Waals surface area (Å²) in [5.41, 5.74) is 5.14. The molecule has 0 aliphatic carbocycles. The van der Waals surface area contributed by atoms with Gasteiger partial charge >= 0.3 is 0 Å². The lowest BCUT2D eigenvalue weighted by molar-refractivity contribution is 0.320. The van der Waals surface area contributed by atoms with Gasteiger partial charge in [-0.15, -0.1) is 0 Å². The van der Waals surface area contributed by atoms with Crippen LogP contribution in [0.2, 0.25) is 0 Å². The first-order chi connectivity index (χ1) is 13.1. The molecule has 27 heavy (non-hydrogen) atoms. The van der Waals surface area contributed by atoms with Crippen LogP contribution in [0, 0.1) is 20.8 Å². The molecule has 1 unspecified atom stereocenters. The van der Waals surface area contributed by atoms with Crippen LogP contribution in [0.5, 0.6) is 0 Å². The van der Waals surface area contributed by atoms with Gasteiger partial charge in [-0.3, -0.25) is 4.90 Å². The summed E-state index contributed by atoms with van der Waals surface area (Å²) in [6.07, 6.45) is 1.20. The first kappa shape index (κ1) is 18.0. The number of nitrogens with one attached hydrogen (secondary N) is 1. The molecule has 1 saturated heterocycles. The maximum absolute atomic E-state index is 5.25. The van der Waals surface area contributed by atoms with Gasteiger partial charge in [0, 0.05) is 49.7 Å². The summed E-state index contributed by atoms with van der Waals surface area (Å²) < 4.78 is 7.42. The predicted octanol–water partition coefficient (Wildman–Crippen LogP) is 3.75. The second-order valence-corrected chi connectivity index (χ2v) is 7.61. The van der Waals surface area contributed by atoms with Gasteiger partial charge in [-0.2, -0.15) is 0 Å². The Balaban J connectivity index is 1.36. The van der Waals surface area contributed by atoms with Crippen molar-refractivity contribution < 1.29 is 4.52 Å². The molecule has 5 heteroatoms. The first-order valence-electron chi connectivity index (χ1n) is 9.71. The van der Waals surface area contributed by atoms with E-state index in [1.807, 2.05) is 13.0 Å². The molecule has 1 atom stereocenters. The van der Waals surface area contributed by atoms with E-state index in [-0.39, 0.29) is 0 Å². The van der Waals surface area contributed by atoms with Crippen LogP contribution in [0.25, 0.3) is 5.82 Å². The molecule has 5 nitrogen and oxygen atoms in total. The number of nitrogens with zero attached hydrogens (tertiary/aromatic N) is 3. The van der Waals surface area contributed by atoms with Crippen molar-refractivity contribution in [2.75, 3.05) is 13.1 Å². The summed E-state index contributed by atoms with van der Waals surface area (Å²) in [5.74, 6) is 1.70. The van der Waals surface area contributed by atoms with Gasteiger partial charge in [-0.1, -0.05) is 35.5 Å². The number of hydrogen-bond acceptors (Lipinski definition) is 4. The molecule has 142 valence electrons. The summed E-state index contributed by atoms with van der Waals surface area (Å²) in [6.45, 7) is 10.4. The van der Waals surface area contributed by atoms with E-state index in [1.165, 1.54) is 28.9 Å². The number of rotatable bonds is 6. The maximum atomic E-state index is 5.25. The first-order valence-corrected chi connectivity index (χ1v) is 9.71. The second kappa shape index (κ2) is 7.71. The number of hydrogen-bond donors (Lipinski definition) is 1. The molecule has 1 aromatic carbocycles. The zero-order chi connectivity index (χ0) is 18.8. The molecule has 1 aliphatic rings. The highest BCUT2D eigenvalue weighted by atomic mass is 16.5. The summed E-state index contributed by atoms with van der Waals surface area (Å²) in [5, 5.41) is 7.92. The van der Waals surface area contributed by atoms with Crippen molar-refractivity contribution in [3.8, 4) is 5.82 Å². The Bertz CT molecular complexity index is 896. The van der Waals surface area contributed by atoms with Crippen LogP contribution in [0.1, 0.15) is 34.7 Å². The van der Waals surface area contributed by atoms with Gasteiger partial charge in [0.1, 0.15) is 5.76 Å². The van der Waals surface area contributed by atoms with Crippen LogP contribution in [-0.2, 0) is 13.1 Å². The Morgan fingerprint density at radius 1 is 1.15 bits per heavy atom. The van der Waals surface area contributed by atoms with E-state index in [0.717, 1.165) is 37.8 Å². The average Bonchev–Trinajstić information content (AvgIpc) is 3.34. The van der Waals surface area contributed by atoms with Gasteiger partial charge < -0.3 is 14.4 Å². The van der Waals surface area contributed by atoms with Crippen molar-refractivity contribution >= 4 is 0 Å². The highest BCUT2D eigenvalue weighted by Crippen LogP contribution is 2.21. The molecular formula is C22H28N4O. The number of aromatic nitrogens is 2. The number of likely N-dealkylation sites (tertiary alicyclic amines) is 1. The third-order valence-corrected chi connectivity index (χ3v) is 5.48. The summed E-state index contributed by atoms with van der Waals surface area (Å²) in [6, 6.07) is 15.5. The highest BCUT2D eigenvalue weighted by molar-refractivity contribution is 5.36. The molecule has 1 N–H and O–H groups in total. The molecule has 4 rings (SSSR count). The Morgan fingerprint density at radius 2 is 1.96 bits per heavy atom. The van der Waals surface area contributed by atoms with Crippen LogP contribution in [0.15, 0.2) is 47.0 Å². The van der Waals surface area contributed by atoms with E-state index < -0.39 is 0 Å². The molecule has 0 spiro atoms. The van der Waals surface area contributed by atoms with E-state index >= 15 is 0 Å². The Hall–Kier alpha value is -2.37. The van der Waals surface area contributed by atoms with Gasteiger partial charge in [0.05, 0.1) is 0 Å². The molecule has 0 bridgehead atoms. The fourth-order valence-corrected chi connectivity index (χ4v) is 4.06. The topological polar surface area (TPSA) is 46.2 Å². The Morgan fingerprint density at radius 3 is 2.70 bits per heavy atom. The van der Waals surface area contributed by atoms with Crippen LogP contribution in [-0.4, -0.2) is 33.8 Å². The van der Waals surface area contributed by atoms with Gasteiger partial charge in [0.25, 0.3) is 0 Å². The van der Waals surface area contributed by atoms with E-state index in [2.05, 4.69) is 70.2 Å². The van der Waals surface area contributed by atoms with Crippen LogP contribution in [0.4, 0.5) is 0 Å². The standard InChI is InChI=1S/C22H28N4O/c1-16-11-20(18(3)26(16)22-12-17(2)27-24-22)13-23-21-9-10-25(15-21)14-19-7-5-4-6-8-19/h4-8,11-12,21,23H,9-10,13-15H2,1-3H3. The Kier molecular flexibility index (Phi) is 5.14. The molecule has 1 fully saturated rings. The lowest BCUT2D eigenvalue weighted by atomic mass is 10.2. The molecule has 0 radical (unpaired) electrons. The average molecular weight is 364 g/mol. The van der Waals surface area contributed by atoms with Crippen molar-refractivity contribution in [2.45, 2.75) is 46.3 Å². The minimum absolute atomic E-state index is 0.547. The summed E-state index contributed by atoms with van der Waals surface area (Å²) in [4.78, 5) is 2.54. The highest BCUT2D eigenvalue weighted by Gasteiger charge is 2.22. The molecule has 3 aromatic rings. The van der Waals surface area contributed by atoms with Gasteiger partial charge in [0.2, 0.25) is 0 Å². The van der Waals surface area contributed by atoms with Crippen molar-refractivity contribution in [2.24, 2.45) is 0 Å². The van der Waals surface area contributed by atoms with Crippen LogP contribution >= 0.6 is 0 Å². The zero-order valence-electron chi connectivity index (χ0n) is 16.4. The third kappa shape index (κ3) is 3.99. The third-order valence-electron chi connectivity index (χ3n) is 5.48. The van der Waals surface area contributed by atoms with E-state index in [4.69, 9.17) is 4.52 Å². The van der Waals surface area contributed by atoms with Crippen LogP contribution in [0.3, 0.4) is 0 Å². The van der Waals surface area contributed by atoms with Gasteiger partial charge in [-0.25, -0.2) is 0 Å². The second-order valence-electron chi connectivity index (χ2n) is 7.61. The van der Waals surface area contributed by atoms with Crippen LogP contribution < -0.4 is 5.32 Å². The minimum atomic E-state index is 0.547. The van der Waals surface area contributed by atoms with Crippen molar-refractivity contribution in [3.05, 3.63) is 70.7 Å². The lowest BCUT2D eigenvalue weighted by Crippen LogP contribution is -2.32. The van der Waals surface area contributed by atoms with Crippen molar-refractivity contribution in [1.29, 1.82) is 0 Å². The van der Waals surface area contributed by atoms with Gasteiger partial charge in [-0.05, 0) is 44.4 Å². The molecule has 1 aliphatic heterocycles. The Labute approximate surface area is 161 Å². The summed E-state index contributed by atoms with van der Waals surface area (Å²) >= 11 is 0. The maximum Gasteiger partial charge on any atom is 0.180 e. The molecule has 0 amide bonds. The largest absolute Gasteiger partial charge is 0.360 e. The summed E-state index contributed by atoms with van der Waals surface area (Å²) in [7, 11) is 0. The fourth-order valence-electron chi connectivity index (χ4n) is 4.06. The zero-order valence-corrected chi connectivity index (χ0v) is 16.4. The normalized spacial score (nSPS) is 17.7. The minimum Gasteiger partial charge on any atom is -0.360 e. The predicted molar refractivity (Wildman–Crippen MR) is 107 cm³/mol. The lowest BCUT2D eigenvalue weighted by Gasteiger charge is -2.17.